The maximum absolute atomic E-state index is 12.3. The lowest BCUT2D eigenvalue weighted by Gasteiger charge is -2.12. The second kappa shape index (κ2) is 7.66. The molecular formula is C13H19ClN6OS. The Morgan fingerprint density at radius 2 is 2.27 bits per heavy atom. The summed E-state index contributed by atoms with van der Waals surface area (Å²) in [5.74, 6) is -0.227. The summed E-state index contributed by atoms with van der Waals surface area (Å²) in [5.41, 5.74) is 2.44. The molecule has 0 spiro atoms. The van der Waals surface area contributed by atoms with Gasteiger partial charge in [0, 0.05) is 37.2 Å². The highest BCUT2D eigenvalue weighted by molar-refractivity contribution is 7.15. The lowest BCUT2D eigenvalue weighted by molar-refractivity contribution is 0.102. The molecule has 2 aromatic heterocycles. The van der Waals surface area contributed by atoms with Crippen LogP contribution in [0.15, 0.2) is 0 Å². The summed E-state index contributed by atoms with van der Waals surface area (Å²) in [7, 11) is 0. The molecule has 9 heteroatoms. The highest BCUT2D eigenvalue weighted by Crippen LogP contribution is 2.20. The first-order valence-electron chi connectivity index (χ1n) is 7.18. The van der Waals surface area contributed by atoms with Crippen LogP contribution in [0.1, 0.15) is 46.5 Å². The first-order valence-corrected chi connectivity index (χ1v) is 8.00. The minimum absolute atomic E-state index is 0. The Labute approximate surface area is 138 Å². The number of hydrogen-bond donors (Lipinski definition) is 3. The number of carbonyl (C=O) groups is 1. The predicted molar refractivity (Wildman–Crippen MR) is 87.7 cm³/mol. The number of halogens is 1. The van der Waals surface area contributed by atoms with Crippen LogP contribution in [0, 0.1) is 0 Å². The molecule has 0 atom stereocenters. The molecule has 0 unspecified atom stereocenters. The number of nitrogens with zero attached hydrogens (tertiary/aromatic N) is 3. The van der Waals surface area contributed by atoms with Gasteiger partial charge in [0.2, 0.25) is 5.13 Å². The van der Waals surface area contributed by atoms with Crippen LogP contribution in [0.25, 0.3) is 0 Å². The largest absolute Gasteiger partial charge is 0.312 e. The minimum atomic E-state index is -0.227. The molecule has 0 fully saturated rings. The van der Waals surface area contributed by atoms with E-state index in [1.807, 2.05) is 0 Å². The molecule has 0 saturated carbocycles. The van der Waals surface area contributed by atoms with E-state index in [4.69, 9.17) is 0 Å². The van der Waals surface area contributed by atoms with Gasteiger partial charge in [0.25, 0.3) is 5.91 Å². The monoisotopic (exact) mass is 342 g/mol. The molecule has 7 nitrogen and oxygen atoms in total. The summed E-state index contributed by atoms with van der Waals surface area (Å²) in [6, 6.07) is 0. The number of rotatable bonds is 5. The molecule has 120 valence electrons. The first-order chi connectivity index (χ1) is 10.3. The Bertz CT molecular complexity index is 640. The Hall–Kier alpha value is -1.51. The Kier molecular flexibility index (Phi) is 5.87. The lowest BCUT2D eigenvalue weighted by Crippen LogP contribution is -2.25. The van der Waals surface area contributed by atoms with Gasteiger partial charge in [0.1, 0.15) is 5.01 Å². The van der Waals surface area contributed by atoms with Gasteiger partial charge in [0.15, 0.2) is 5.69 Å². The van der Waals surface area contributed by atoms with Crippen LogP contribution in [-0.2, 0) is 19.4 Å². The van der Waals surface area contributed by atoms with Crippen LogP contribution in [-0.4, -0.2) is 32.8 Å². The number of amides is 1. The van der Waals surface area contributed by atoms with Gasteiger partial charge in [-0.15, -0.1) is 22.6 Å². The van der Waals surface area contributed by atoms with Gasteiger partial charge in [-0.1, -0.05) is 24.7 Å². The number of aromatic nitrogens is 4. The fourth-order valence-corrected chi connectivity index (χ4v) is 3.08. The summed E-state index contributed by atoms with van der Waals surface area (Å²) in [6.07, 6.45) is 3.98. The van der Waals surface area contributed by atoms with E-state index < -0.39 is 0 Å². The minimum Gasteiger partial charge on any atom is -0.312 e. The molecule has 1 aliphatic rings. The summed E-state index contributed by atoms with van der Waals surface area (Å²) in [5, 5.41) is 22.7. The number of aryl methyl sites for hydroxylation is 1. The topological polar surface area (TPSA) is 95.6 Å². The van der Waals surface area contributed by atoms with E-state index in [1.54, 1.807) is 0 Å². The van der Waals surface area contributed by atoms with Gasteiger partial charge in [-0.25, -0.2) is 0 Å². The molecule has 3 N–H and O–H groups in total. The van der Waals surface area contributed by atoms with E-state index in [0.717, 1.165) is 48.5 Å². The van der Waals surface area contributed by atoms with E-state index >= 15 is 0 Å². The first kappa shape index (κ1) is 16.9. The number of H-pyrrole nitrogens is 1. The van der Waals surface area contributed by atoms with Crippen molar-refractivity contribution in [3.63, 3.8) is 0 Å². The summed E-state index contributed by atoms with van der Waals surface area (Å²) < 4.78 is 0. The number of aromatic amines is 1. The summed E-state index contributed by atoms with van der Waals surface area (Å²) in [4.78, 5) is 12.3. The molecule has 3 heterocycles. The SMILES string of the molecule is CCCCc1nnc(NC(=O)c2n[nH]c3c2CNCC3)s1.Cl. The Balaban J connectivity index is 0.00000176. The standard InChI is InChI=1S/C13H18N6OS.ClH/c1-2-3-4-10-17-19-13(21-10)15-12(20)11-8-7-14-6-5-9(8)16-18-11;/h14H,2-7H2,1H3,(H,16,18)(H,15,19,20);1H. The van der Waals surface area contributed by atoms with E-state index in [9.17, 15) is 4.79 Å². The fourth-order valence-electron chi connectivity index (χ4n) is 2.30. The Morgan fingerprint density at radius 1 is 1.41 bits per heavy atom. The molecule has 0 aliphatic carbocycles. The second-order valence-corrected chi connectivity index (χ2v) is 6.08. The fraction of sp³-hybridized carbons (Fsp3) is 0.538. The van der Waals surface area contributed by atoms with Crippen LogP contribution in [0.4, 0.5) is 5.13 Å². The van der Waals surface area contributed by atoms with Crippen molar-refractivity contribution >= 4 is 34.8 Å². The van der Waals surface area contributed by atoms with Crippen LogP contribution in [0.3, 0.4) is 0 Å². The van der Waals surface area contributed by atoms with Crippen LogP contribution in [0.5, 0.6) is 0 Å². The van der Waals surface area contributed by atoms with Crippen LogP contribution < -0.4 is 10.6 Å². The third-order valence-electron chi connectivity index (χ3n) is 3.45. The van der Waals surface area contributed by atoms with Crippen LogP contribution >= 0.6 is 23.7 Å². The zero-order valence-electron chi connectivity index (χ0n) is 12.3. The quantitative estimate of drug-likeness (QED) is 0.771. The van der Waals surface area contributed by atoms with Crippen molar-refractivity contribution in [1.82, 2.24) is 25.7 Å². The zero-order chi connectivity index (χ0) is 14.7. The molecular weight excluding hydrogens is 324 g/mol. The van der Waals surface area contributed by atoms with Gasteiger partial charge in [-0.05, 0) is 6.42 Å². The highest BCUT2D eigenvalue weighted by atomic mass is 35.5. The molecule has 22 heavy (non-hydrogen) atoms. The van der Waals surface area contributed by atoms with Crippen molar-refractivity contribution in [2.45, 2.75) is 39.2 Å². The molecule has 0 radical (unpaired) electrons. The highest BCUT2D eigenvalue weighted by Gasteiger charge is 2.22. The summed E-state index contributed by atoms with van der Waals surface area (Å²) in [6.45, 7) is 3.72. The van der Waals surface area contributed by atoms with Gasteiger partial charge in [-0.2, -0.15) is 5.10 Å². The van der Waals surface area contributed by atoms with Gasteiger partial charge in [-0.3, -0.25) is 15.2 Å². The number of fused-ring (bicyclic) bond motifs is 1. The normalized spacial score (nSPS) is 13.3. The maximum Gasteiger partial charge on any atom is 0.278 e. The molecule has 2 aromatic rings. The second-order valence-electron chi connectivity index (χ2n) is 5.01. The smallest absolute Gasteiger partial charge is 0.278 e. The van der Waals surface area contributed by atoms with Crippen molar-refractivity contribution in [3.8, 4) is 0 Å². The van der Waals surface area contributed by atoms with Crippen molar-refractivity contribution in [3.05, 3.63) is 22.0 Å². The molecule has 1 amide bonds. The summed E-state index contributed by atoms with van der Waals surface area (Å²) >= 11 is 1.43. The van der Waals surface area contributed by atoms with E-state index in [1.165, 1.54) is 11.3 Å². The van der Waals surface area contributed by atoms with Crippen molar-refractivity contribution < 1.29 is 4.79 Å². The van der Waals surface area contributed by atoms with Crippen LogP contribution in [0.2, 0.25) is 0 Å². The van der Waals surface area contributed by atoms with E-state index in [-0.39, 0.29) is 18.3 Å². The van der Waals surface area contributed by atoms with Crippen molar-refractivity contribution in [1.29, 1.82) is 0 Å². The van der Waals surface area contributed by atoms with Crippen molar-refractivity contribution in [2.24, 2.45) is 0 Å². The van der Waals surface area contributed by atoms with Gasteiger partial charge in [0.05, 0.1) is 0 Å². The average molecular weight is 343 g/mol. The number of hydrogen-bond acceptors (Lipinski definition) is 6. The van der Waals surface area contributed by atoms with E-state index in [0.29, 0.717) is 17.4 Å². The molecule has 3 rings (SSSR count). The van der Waals surface area contributed by atoms with Gasteiger partial charge >= 0.3 is 0 Å². The average Bonchev–Trinajstić information content (AvgIpc) is 3.11. The lowest BCUT2D eigenvalue weighted by atomic mass is 10.1. The maximum atomic E-state index is 12.3. The van der Waals surface area contributed by atoms with Gasteiger partial charge < -0.3 is 5.32 Å². The molecule has 1 aliphatic heterocycles. The Morgan fingerprint density at radius 3 is 3.09 bits per heavy atom. The number of anilines is 1. The molecule has 0 saturated heterocycles. The third kappa shape index (κ3) is 3.63. The number of nitrogens with one attached hydrogen (secondary N) is 3. The molecule has 0 aromatic carbocycles. The zero-order valence-corrected chi connectivity index (χ0v) is 13.9. The number of unbranched alkanes of at least 4 members (excludes halogenated alkanes) is 1. The number of carbonyl (C=O) groups excluding carboxylic acids is 1. The molecule has 0 bridgehead atoms. The third-order valence-corrected chi connectivity index (χ3v) is 4.35. The van der Waals surface area contributed by atoms with Crippen molar-refractivity contribution in [2.75, 3.05) is 11.9 Å². The predicted octanol–water partition coefficient (Wildman–Crippen LogP) is 1.92. The van der Waals surface area contributed by atoms with E-state index in [2.05, 4.69) is 38.0 Å².